The molecular formula is C21H24N2O5. The van der Waals surface area contributed by atoms with Crippen LogP contribution in [0.5, 0.6) is 0 Å². The summed E-state index contributed by atoms with van der Waals surface area (Å²) >= 11 is 0. The highest BCUT2D eigenvalue weighted by molar-refractivity contribution is 6.03. The minimum atomic E-state index is -0.383. The number of nitrogens with zero attached hydrogens (tertiary/aromatic N) is 1. The molecule has 2 amide bonds. The van der Waals surface area contributed by atoms with E-state index in [2.05, 4.69) is 5.32 Å². The largest absolute Gasteiger partial charge is 0.466 e. The second-order valence-electron chi connectivity index (χ2n) is 6.76. The lowest BCUT2D eigenvalue weighted by Crippen LogP contribution is -2.35. The lowest BCUT2D eigenvalue weighted by molar-refractivity contribution is -0.143. The molecule has 1 heterocycles. The molecule has 0 unspecified atom stereocenters. The number of furan rings is 1. The molecule has 0 saturated heterocycles. The lowest BCUT2D eigenvalue weighted by atomic mass is 10.1. The number of carbonyl (C=O) groups is 3. The number of esters is 1. The summed E-state index contributed by atoms with van der Waals surface area (Å²) in [4.78, 5) is 38.5. The van der Waals surface area contributed by atoms with Crippen molar-refractivity contribution in [3.05, 3.63) is 54.0 Å². The Balaban J connectivity index is 1.67. The van der Waals surface area contributed by atoms with Crippen LogP contribution in [-0.4, -0.2) is 42.4 Å². The van der Waals surface area contributed by atoms with Crippen molar-refractivity contribution >= 4 is 23.5 Å². The third kappa shape index (κ3) is 5.45. The van der Waals surface area contributed by atoms with Crippen LogP contribution in [0.2, 0.25) is 0 Å². The Hall–Kier alpha value is -3.09. The van der Waals surface area contributed by atoms with E-state index in [-0.39, 0.29) is 30.0 Å². The molecule has 0 aliphatic heterocycles. The van der Waals surface area contributed by atoms with E-state index >= 15 is 0 Å². The molecule has 1 fully saturated rings. The standard InChI is InChI=1S/C21H24N2O5/c1-2-27-19(24)10-11-23(14-15-8-9-15)21(26)16-5-3-6-17(13-16)22-20(25)18-7-4-12-28-18/h3-7,12-13,15H,2,8-11,14H2,1H3,(H,22,25). The molecule has 3 rings (SSSR count). The van der Waals surface area contributed by atoms with Gasteiger partial charge in [-0.15, -0.1) is 0 Å². The van der Waals surface area contributed by atoms with Gasteiger partial charge in [-0.05, 0) is 56.0 Å². The molecule has 1 aliphatic carbocycles. The van der Waals surface area contributed by atoms with E-state index in [9.17, 15) is 14.4 Å². The molecule has 1 aliphatic rings. The molecule has 7 heteroatoms. The number of carbonyl (C=O) groups excluding carboxylic acids is 3. The minimum Gasteiger partial charge on any atom is -0.466 e. The van der Waals surface area contributed by atoms with Crippen molar-refractivity contribution < 1.29 is 23.5 Å². The Bertz CT molecular complexity index is 827. The van der Waals surface area contributed by atoms with Crippen LogP contribution < -0.4 is 5.32 Å². The first-order valence-corrected chi connectivity index (χ1v) is 9.46. The van der Waals surface area contributed by atoms with E-state index in [4.69, 9.17) is 9.15 Å². The maximum Gasteiger partial charge on any atom is 0.307 e. The number of amides is 2. The van der Waals surface area contributed by atoms with Gasteiger partial charge in [0.1, 0.15) is 0 Å². The Morgan fingerprint density at radius 3 is 2.71 bits per heavy atom. The molecule has 1 saturated carbocycles. The smallest absolute Gasteiger partial charge is 0.307 e. The maximum absolute atomic E-state index is 13.0. The first kappa shape index (κ1) is 19.7. The number of anilines is 1. The average Bonchev–Trinajstić information content (AvgIpc) is 3.33. The zero-order valence-corrected chi connectivity index (χ0v) is 15.8. The van der Waals surface area contributed by atoms with E-state index < -0.39 is 0 Å². The number of nitrogens with one attached hydrogen (secondary N) is 1. The van der Waals surface area contributed by atoms with Crippen molar-refractivity contribution in [1.29, 1.82) is 0 Å². The van der Waals surface area contributed by atoms with Gasteiger partial charge < -0.3 is 19.4 Å². The van der Waals surface area contributed by atoms with Gasteiger partial charge in [0.15, 0.2) is 5.76 Å². The monoisotopic (exact) mass is 384 g/mol. The fraction of sp³-hybridized carbons (Fsp3) is 0.381. The summed E-state index contributed by atoms with van der Waals surface area (Å²) < 4.78 is 10.0. The maximum atomic E-state index is 13.0. The quantitative estimate of drug-likeness (QED) is 0.670. The van der Waals surface area contributed by atoms with Gasteiger partial charge in [0.05, 0.1) is 19.3 Å². The second kappa shape index (κ2) is 9.21. The summed E-state index contributed by atoms with van der Waals surface area (Å²) in [5.74, 6) is -0.165. The average molecular weight is 384 g/mol. The van der Waals surface area contributed by atoms with E-state index in [0.717, 1.165) is 12.8 Å². The number of ether oxygens (including phenoxy) is 1. The number of hydrogen-bond acceptors (Lipinski definition) is 5. The Morgan fingerprint density at radius 2 is 2.04 bits per heavy atom. The molecule has 2 aromatic rings. The summed E-state index contributed by atoms with van der Waals surface area (Å²) in [6.07, 6.45) is 3.79. The molecule has 148 valence electrons. The van der Waals surface area contributed by atoms with Crippen LogP contribution in [-0.2, 0) is 9.53 Å². The minimum absolute atomic E-state index is 0.162. The molecule has 28 heavy (non-hydrogen) atoms. The first-order chi connectivity index (χ1) is 13.6. The van der Waals surface area contributed by atoms with Gasteiger partial charge in [-0.1, -0.05) is 6.07 Å². The van der Waals surface area contributed by atoms with Crippen LogP contribution in [0.3, 0.4) is 0 Å². The summed E-state index contributed by atoms with van der Waals surface area (Å²) in [7, 11) is 0. The van der Waals surface area contributed by atoms with Crippen molar-refractivity contribution in [3.63, 3.8) is 0 Å². The Kier molecular flexibility index (Phi) is 6.47. The van der Waals surface area contributed by atoms with Crippen molar-refractivity contribution in [2.75, 3.05) is 25.0 Å². The fourth-order valence-electron chi connectivity index (χ4n) is 2.86. The van der Waals surface area contributed by atoms with Crippen LogP contribution in [0.1, 0.15) is 47.1 Å². The summed E-state index contributed by atoms with van der Waals surface area (Å²) in [6.45, 7) is 3.03. The zero-order chi connectivity index (χ0) is 19.9. The highest BCUT2D eigenvalue weighted by atomic mass is 16.5. The molecule has 1 aromatic carbocycles. The summed E-state index contributed by atoms with van der Waals surface area (Å²) in [5.41, 5.74) is 0.964. The van der Waals surface area contributed by atoms with Crippen LogP contribution in [0.15, 0.2) is 47.1 Å². The third-order valence-corrected chi connectivity index (χ3v) is 4.47. The SMILES string of the molecule is CCOC(=O)CCN(CC1CC1)C(=O)c1cccc(NC(=O)c2ccco2)c1. The zero-order valence-electron chi connectivity index (χ0n) is 15.8. The summed E-state index contributed by atoms with van der Waals surface area (Å²) in [5, 5.41) is 2.72. The first-order valence-electron chi connectivity index (χ1n) is 9.46. The number of rotatable bonds is 9. The van der Waals surface area contributed by atoms with Crippen molar-refractivity contribution in [1.82, 2.24) is 4.90 Å². The normalized spacial score (nSPS) is 13.0. The van der Waals surface area contributed by atoms with Crippen LogP contribution in [0, 0.1) is 5.92 Å². The number of hydrogen-bond donors (Lipinski definition) is 1. The molecule has 7 nitrogen and oxygen atoms in total. The van der Waals surface area contributed by atoms with Gasteiger partial charge in [-0.2, -0.15) is 0 Å². The van der Waals surface area contributed by atoms with Gasteiger partial charge >= 0.3 is 5.97 Å². The fourth-order valence-corrected chi connectivity index (χ4v) is 2.86. The van der Waals surface area contributed by atoms with Crippen molar-refractivity contribution in [2.45, 2.75) is 26.2 Å². The highest BCUT2D eigenvalue weighted by Gasteiger charge is 2.27. The molecular weight excluding hydrogens is 360 g/mol. The van der Waals surface area contributed by atoms with Gasteiger partial charge in [0.2, 0.25) is 0 Å². The Labute approximate surface area is 163 Å². The van der Waals surface area contributed by atoms with Gasteiger partial charge in [0.25, 0.3) is 11.8 Å². The predicted molar refractivity (Wildman–Crippen MR) is 103 cm³/mol. The van der Waals surface area contributed by atoms with E-state index in [1.807, 2.05) is 0 Å². The van der Waals surface area contributed by atoms with Gasteiger partial charge in [-0.3, -0.25) is 14.4 Å². The topological polar surface area (TPSA) is 88.9 Å². The van der Waals surface area contributed by atoms with E-state index in [0.29, 0.717) is 36.9 Å². The van der Waals surface area contributed by atoms with Crippen molar-refractivity contribution in [2.24, 2.45) is 5.92 Å². The molecule has 0 radical (unpaired) electrons. The van der Waals surface area contributed by atoms with E-state index in [1.165, 1.54) is 6.26 Å². The van der Waals surface area contributed by atoms with Gasteiger partial charge in [0, 0.05) is 24.3 Å². The Morgan fingerprint density at radius 1 is 1.21 bits per heavy atom. The third-order valence-electron chi connectivity index (χ3n) is 4.47. The van der Waals surface area contributed by atoms with Crippen LogP contribution in [0.25, 0.3) is 0 Å². The van der Waals surface area contributed by atoms with Crippen LogP contribution >= 0.6 is 0 Å². The molecule has 0 atom stereocenters. The second-order valence-corrected chi connectivity index (χ2v) is 6.76. The van der Waals surface area contributed by atoms with Crippen LogP contribution in [0.4, 0.5) is 5.69 Å². The lowest BCUT2D eigenvalue weighted by Gasteiger charge is -2.22. The van der Waals surface area contributed by atoms with Gasteiger partial charge in [-0.25, -0.2) is 0 Å². The predicted octanol–water partition coefficient (Wildman–Crippen LogP) is 3.34. The van der Waals surface area contributed by atoms with Crippen molar-refractivity contribution in [3.8, 4) is 0 Å². The van der Waals surface area contributed by atoms with E-state index in [1.54, 1.807) is 48.2 Å². The molecule has 0 spiro atoms. The molecule has 1 aromatic heterocycles. The summed E-state index contributed by atoms with van der Waals surface area (Å²) in [6, 6.07) is 9.96. The number of benzene rings is 1. The molecule has 0 bridgehead atoms. The highest BCUT2D eigenvalue weighted by Crippen LogP contribution is 2.30. The molecule has 1 N–H and O–H groups in total.